The van der Waals surface area contributed by atoms with E-state index >= 15 is 0 Å². The third kappa shape index (κ3) is 5.79. The number of carbonyl (C=O) groups is 1. The number of halogens is 2. The Bertz CT molecular complexity index is 1090. The number of amides is 2. The number of likely N-dealkylation sites (N-methyl/N-ethyl adjacent to an activating group) is 1. The molecular weight excluding hydrogens is 449 g/mol. The van der Waals surface area contributed by atoms with Crippen LogP contribution in [0, 0.1) is 0 Å². The summed E-state index contributed by atoms with van der Waals surface area (Å²) in [6.07, 6.45) is 1.38. The lowest BCUT2D eigenvalue weighted by Gasteiger charge is -2.34. The van der Waals surface area contributed by atoms with E-state index in [2.05, 4.69) is 54.9 Å². The van der Waals surface area contributed by atoms with Crippen molar-refractivity contribution >= 4 is 57.9 Å². The first-order chi connectivity index (χ1) is 15.5. The molecule has 3 aromatic rings. The molecule has 2 heterocycles. The highest BCUT2D eigenvalue weighted by atomic mass is 35.5. The Labute approximate surface area is 196 Å². The maximum atomic E-state index is 12.3. The minimum atomic E-state index is -0.454. The van der Waals surface area contributed by atoms with Gasteiger partial charge < -0.3 is 20.4 Å². The molecule has 0 saturated carbocycles. The lowest BCUT2D eigenvalue weighted by atomic mass is 10.2. The van der Waals surface area contributed by atoms with Crippen LogP contribution >= 0.6 is 23.2 Å². The highest BCUT2D eigenvalue weighted by molar-refractivity contribution is 6.42. The lowest BCUT2D eigenvalue weighted by Crippen LogP contribution is -2.44. The summed E-state index contributed by atoms with van der Waals surface area (Å²) < 4.78 is 0. The zero-order valence-corrected chi connectivity index (χ0v) is 19.0. The van der Waals surface area contributed by atoms with Crippen LogP contribution in [0.4, 0.5) is 33.5 Å². The molecule has 0 spiro atoms. The van der Waals surface area contributed by atoms with E-state index in [4.69, 9.17) is 23.2 Å². The van der Waals surface area contributed by atoms with Gasteiger partial charge in [-0.05, 0) is 49.5 Å². The predicted octanol–water partition coefficient (Wildman–Crippen LogP) is 4.92. The number of carbonyl (C=O) groups excluding carboxylic acids is 1. The summed E-state index contributed by atoms with van der Waals surface area (Å²) in [4.78, 5) is 25.3. The van der Waals surface area contributed by atoms with Crippen LogP contribution in [0.15, 0.2) is 54.9 Å². The van der Waals surface area contributed by atoms with E-state index in [1.807, 2.05) is 12.1 Å². The van der Waals surface area contributed by atoms with Gasteiger partial charge in [0.25, 0.3) is 0 Å². The van der Waals surface area contributed by atoms with Gasteiger partial charge in [0.15, 0.2) is 0 Å². The first kappa shape index (κ1) is 22.1. The summed E-state index contributed by atoms with van der Waals surface area (Å²) in [7, 11) is 2.14. The number of anilines is 5. The lowest BCUT2D eigenvalue weighted by molar-refractivity contribution is 0.262. The molecular formula is C22H23Cl2N7O. The summed E-state index contributed by atoms with van der Waals surface area (Å²) in [6.45, 7) is 4.17. The van der Waals surface area contributed by atoms with Gasteiger partial charge in [-0.3, -0.25) is 5.32 Å². The number of aromatic nitrogens is 2. The molecule has 1 aliphatic rings. The van der Waals surface area contributed by atoms with Crippen molar-refractivity contribution in [2.45, 2.75) is 0 Å². The molecule has 1 aliphatic heterocycles. The van der Waals surface area contributed by atoms with Gasteiger partial charge in [-0.15, -0.1) is 0 Å². The molecule has 0 aliphatic carbocycles. The summed E-state index contributed by atoms with van der Waals surface area (Å²) in [5, 5.41) is 9.38. The first-order valence-electron chi connectivity index (χ1n) is 10.1. The maximum Gasteiger partial charge on any atom is 0.324 e. The summed E-state index contributed by atoms with van der Waals surface area (Å²) in [6, 6.07) is 14.3. The van der Waals surface area contributed by atoms with Gasteiger partial charge in [0.2, 0.25) is 0 Å². The first-order valence-corrected chi connectivity index (χ1v) is 10.9. The van der Waals surface area contributed by atoms with Crippen LogP contribution in [-0.2, 0) is 0 Å². The molecule has 0 bridgehead atoms. The standard InChI is InChI=1S/C22H23Cl2N7O/c1-30-8-10-31(11-9-30)17-5-2-15(3-6-17)27-20-13-21(26-14-25-20)29-22(32)28-16-4-7-18(23)19(24)12-16/h2-7,12-14H,8-11H2,1H3,(H3,25,26,27,28,29,32). The van der Waals surface area contributed by atoms with Crippen molar-refractivity contribution in [1.29, 1.82) is 0 Å². The van der Waals surface area contributed by atoms with E-state index in [1.54, 1.807) is 24.3 Å². The van der Waals surface area contributed by atoms with Crippen LogP contribution in [0.2, 0.25) is 10.0 Å². The molecule has 1 fully saturated rings. The third-order valence-electron chi connectivity index (χ3n) is 5.09. The molecule has 3 N–H and O–H groups in total. The zero-order chi connectivity index (χ0) is 22.5. The molecule has 0 atom stereocenters. The summed E-state index contributed by atoms with van der Waals surface area (Å²) in [5.41, 5.74) is 2.62. The predicted molar refractivity (Wildman–Crippen MR) is 131 cm³/mol. The maximum absolute atomic E-state index is 12.3. The molecule has 166 valence electrons. The van der Waals surface area contributed by atoms with Crippen molar-refractivity contribution in [3.05, 3.63) is 64.9 Å². The van der Waals surface area contributed by atoms with Gasteiger partial charge in [0, 0.05) is 49.3 Å². The monoisotopic (exact) mass is 471 g/mol. The van der Waals surface area contributed by atoms with Crippen LogP contribution < -0.4 is 20.9 Å². The molecule has 10 heteroatoms. The van der Waals surface area contributed by atoms with E-state index in [1.165, 1.54) is 12.0 Å². The fourth-order valence-corrected chi connectivity index (χ4v) is 3.61. The fourth-order valence-electron chi connectivity index (χ4n) is 3.31. The smallest absolute Gasteiger partial charge is 0.324 e. The van der Waals surface area contributed by atoms with Gasteiger partial charge in [0.05, 0.1) is 10.0 Å². The van der Waals surface area contributed by atoms with E-state index in [0.717, 1.165) is 31.9 Å². The molecule has 1 saturated heterocycles. The number of nitrogens with zero attached hydrogens (tertiary/aromatic N) is 4. The normalized spacial score (nSPS) is 14.2. The highest BCUT2D eigenvalue weighted by Gasteiger charge is 2.14. The van der Waals surface area contributed by atoms with Crippen molar-refractivity contribution < 1.29 is 4.79 Å². The van der Waals surface area contributed by atoms with Crippen LogP contribution in [0.3, 0.4) is 0 Å². The molecule has 1 aromatic heterocycles. The van der Waals surface area contributed by atoms with E-state index in [9.17, 15) is 4.79 Å². The van der Waals surface area contributed by atoms with E-state index in [-0.39, 0.29) is 0 Å². The number of rotatable bonds is 5. The fraction of sp³-hybridized carbons (Fsp3) is 0.227. The Hall–Kier alpha value is -3.07. The Morgan fingerprint density at radius 3 is 2.25 bits per heavy atom. The van der Waals surface area contributed by atoms with Crippen molar-refractivity contribution in [2.75, 3.05) is 54.1 Å². The SMILES string of the molecule is CN1CCN(c2ccc(Nc3cc(NC(=O)Nc4ccc(Cl)c(Cl)c4)ncn3)cc2)CC1. The molecule has 4 rings (SSSR count). The van der Waals surface area contributed by atoms with Crippen molar-refractivity contribution in [1.82, 2.24) is 14.9 Å². The molecule has 32 heavy (non-hydrogen) atoms. The zero-order valence-electron chi connectivity index (χ0n) is 17.5. The van der Waals surface area contributed by atoms with Crippen LogP contribution in [-0.4, -0.2) is 54.1 Å². The highest BCUT2D eigenvalue weighted by Crippen LogP contribution is 2.25. The second kappa shape index (κ2) is 10.0. The van der Waals surface area contributed by atoms with Gasteiger partial charge in [-0.25, -0.2) is 14.8 Å². The second-order valence-corrected chi connectivity index (χ2v) is 8.27. The molecule has 8 nitrogen and oxygen atoms in total. The summed E-state index contributed by atoms with van der Waals surface area (Å²) in [5.74, 6) is 0.923. The second-order valence-electron chi connectivity index (χ2n) is 7.46. The van der Waals surface area contributed by atoms with Crippen molar-refractivity contribution in [3.8, 4) is 0 Å². The average molecular weight is 472 g/mol. The van der Waals surface area contributed by atoms with Gasteiger partial charge >= 0.3 is 6.03 Å². The number of urea groups is 1. The number of benzene rings is 2. The minimum Gasteiger partial charge on any atom is -0.369 e. The number of hydrogen-bond acceptors (Lipinski definition) is 6. The number of nitrogens with one attached hydrogen (secondary N) is 3. The van der Waals surface area contributed by atoms with Crippen LogP contribution in [0.5, 0.6) is 0 Å². The average Bonchev–Trinajstić information content (AvgIpc) is 2.78. The van der Waals surface area contributed by atoms with Gasteiger partial charge in [-0.1, -0.05) is 23.2 Å². The Balaban J connectivity index is 1.35. The molecule has 0 radical (unpaired) electrons. The largest absolute Gasteiger partial charge is 0.369 e. The third-order valence-corrected chi connectivity index (χ3v) is 5.83. The molecule has 0 unspecified atom stereocenters. The van der Waals surface area contributed by atoms with Gasteiger partial charge in [-0.2, -0.15) is 0 Å². The quantitative estimate of drug-likeness (QED) is 0.489. The molecule has 2 aromatic carbocycles. The van der Waals surface area contributed by atoms with Crippen molar-refractivity contribution in [3.63, 3.8) is 0 Å². The van der Waals surface area contributed by atoms with Crippen molar-refractivity contribution in [2.24, 2.45) is 0 Å². The van der Waals surface area contributed by atoms with Gasteiger partial charge in [0.1, 0.15) is 18.0 Å². The summed E-state index contributed by atoms with van der Waals surface area (Å²) >= 11 is 11.9. The van der Waals surface area contributed by atoms with Crippen LogP contribution in [0.1, 0.15) is 0 Å². The Morgan fingerprint density at radius 1 is 0.844 bits per heavy atom. The molecule has 2 amide bonds. The topological polar surface area (TPSA) is 85.4 Å². The number of piperazine rings is 1. The Kier molecular flexibility index (Phi) is 6.94. The van der Waals surface area contributed by atoms with Crippen LogP contribution in [0.25, 0.3) is 0 Å². The minimum absolute atomic E-state index is 0.356. The number of hydrogen-bond donors (Lipinski definition) is 3. The van der Waals surface area contributed by atoms with E-state index < -0.39 is 6.03 Å². The Morgan fingerprint density at radius 2 is 1.53 bits per heavy atom. The van der Waals surface area contributed by atoms with E-state index in [0.29, 0.717) is 27.4 Å².